The fourth-order valence-corrected chi connectivity index (χ4v) is 1.48. The van der Waals surface area contributed by atoms with Gasteiger partial charge in [-0.15, -0.1) is 0 Å². The van der Waals surface area contributed by atoms with Crippen molar-refractivity contribution in [2.75, 3.05) is 27.4 Å². The first kappa shape index (κ1) is 13.5. The highest BCUT2D eigenvalue weighted by molar-refractivity contribution is 5.75. The van der Waals surface area contributed by atoms with Gasteiger partial charge in [0.1, 0.15) is 5.75 Å². The highest BCUT2D eigenvalue weighted by Gasteiger charge is 2.02. The zero-order valence-corrected chi connectivity index (χ0v) is 10.4. The fourth-order valence-electron chi connectivity index (χ4n) is 1.48. The average molecular weight is 237 g/mol. The Labute approximate surface area is 102 Å². The van der Waals surface area contributed by atoms with Crippen molar-refractivity contribution >= 4 is 5.91 Å². The molecule has 0 aliphatic heterocycles. The molecule has 0 unspecified atom stereocenters. The van der Waals surface area contributed by atoms with Crippen LogP contribution in [-0.2, 0) is 16.0 Å². The number of benzene rings is 1. The maximum Gasteiger partial charge on any atom is 0.222 e. The van der Waals surface area contributed by atoms with Crippen LogP contribution in [0.4, 0.5) is 0 Å². The molecule has 0 fully saturated rings. The number of amides is 1. The lowest BCUT2D eigenvalue weighted by molar-refractivity contribution is -0.121. The molecule has 0 saturated heterocycles. The van der Waals surface area contributed by atoms with Gasteiger partial charge in [-0.1, -0.05) is 18.2 Å². The van der Waals surface area contributed by atoms with Crippen molar-refractivity contribution in [1.82, 2.24) is 5.32 Å². The molecular weight excluding hydrogens is 218 g/mol. The second-order valence-corrected chi connectivity index (χ2v) is 3.60. The molecule has 0 radical (unpaired) electrons. The monoisotopic (exact) mass is 237 g/mol. The van der Waals surface area contributed by atoms with Crippen LogP contribution < -0.4 is 10.1 Å². The molecule has 4 heteroatoms. The molecule has 1 aromatic rings. The Morgan fingerprint density at radius 1 is 1.29 bits per heavy atom. The summed E-state index contributed by atoms with van der Waals surface area (Å²) in [6.45, 7) is 1.05. The maximum absolute atomic E-state index is 10.9. The van der Waals surface area contributed by atoms with Crippen LogP contribution in [0, 0.1) is 0 Å². The minimum absolute atomic E-state index is 0.00212. The van der Waals surface area contributed by atoms with Crippen LogP contribution in [0.15, 0.2) is 24.3 Å². The van der Waals surface area contributed by atoms with E-state index in [-0.39, 0.29) is 5.91 Å². The lowest BCUT2D eigenvalue weighted by Crippen LogP contribution is -2.19. The lowest BCUT2D eigenvalue weighted by atomic mass is 10.1. The van der Waals surface area contributed by atoms with Crippen molar-refractivity contribution in [3.8, 4) is 5.75 Å². The van der Waals surface area contributed by atoms with Crippen molar-refractivity contribution in [3.63, 3.8) is 0 Å². The summed E-state index contributed by atoms with van der Waals surface area (Å²) in [5.41, 5.74) is 1.12. The van der Waals surface area contributed by atoms with Crippen LogP contribution in [0.1, 0.15) is 12.0 Å². The Kier molecular flexibility index (Phi) is 6.10. The maximum atomic E-state index is 10.9. The molecule has 1 aromatic carbocycles. The Morgan fingerprint density at radius 2 is 2.06 bits per heavy atom. The topological polar surface area (TPSA) is 47.6 Å². The molecule has 0 aromatic heterocycles. The van der Waals surface area contributed by atoms with E-state index in [1.165, 1.54) is 0 Å². The van der Waals surface area contributed by atoms with Gasteiger partial charge in [-0.3, -0.25) is 4.79 Å². The highest BCUT2D eigenvalue weighted by atomic mass is 16.5. The second kappa shape index (κ2) is 7.68. The smallest absolute Gasteiger partial charge is 0.222 e. The van der Waals surface area contributed by atoms with Gasteiger partial charge < -0.3 is 14.8 Å². The van der Waals surface area contributed by atoms with Crippen molar-refractivity contribution in [2.45, 2.75) is 12.8 Å². The summed E-state index contributed by atoms with van der Waals surface area (Å²) in [6.07, 6.45) is 1.19. The number of carbonyl (C=O) groups is 1. The van der Waals surface area contributed by atoms with Crippen LogP contribution in [0.25, 0.3) is 0 Å². The lowest BCUT2D eigenvalue weighted by Gasteiger charge is -2.08. The number of nitrogens with one attached hydrogen (secondary N) is 1. The molecule has 17 heavy (non-hydrogen) atoms. The number of rotatable bonds is 7. The molecule has 0 aliphatic carbocycles. The van der Waals surface area contributed by atoms with Crippen LogP contribution in [0.2, 0.25) is 0 Å². The first-order valence-corrected chi connectivity index (χ1v) is 5.68. The molecule has 0 saturated carbocycles. The minimum atomic E-state index is 0.00212. The van der Waals surface area contributed by atoms with Crippen molar-refractivity contribution < 1.29 is 14.3 Å². The van der Waals surface area contributed by atoms with Gasteiger partial charge >= 0.3 is 0 Å². The number of ether oxygens (including phenoxy) is 2. The van der Waals surface area contributed by atoms with Gasteiger partial charge in [0, 0.05) is 13.5 Å². The van der Waals surface area contributed by atoms with Gasteiger partial charge in [-0.25, -0.2) is 0 Å². The zero-order valence-electron chi connectivity index (χ0n) is 10.4. The molecule has 0 bridgehead atoms. The molecule has 94 valence electrons. The zero-order chi connectivity index (χ0) is 12.5. The van der Waals surface area contributed by atoms with Crippen LogP contribution in [-0.4, -0.2) is 33.3 Å². The number of para-hydroxylation sites is 1. The van der Waals surface area contributed by atoms with E-state index < -0.39 is 0 Å². The molecule has 0 heterocycles. The SMILES string of the molecule is CNC(=O)CCOCCc1ccccc1OC. The Morgan fingerprint density at radius 3 is 2.76 bits per heavy atom. The predicted octanol–water partition coefficient (Wildman–Crippen LogP) is 1.39. The van der Waals surface area contributed by atoms with E-state index in [0.717, 1.165) is 17.7 Å². The van der Waals surface area contributed by atoms with E-state index in [0.29, 0.717) is 19.6 Å². The summed E-state index contributed by atoms with van der Waals surface area (Å²) in [4.78, 5) is 10.9. The van der Waals surface area contributed by atoms with Crippen molar-refractivity contribution in [2.24, 2.45) is 0 Å². The molecule has 1 amide bonds. The summed E-state index contributed by atoms with van der Waals surface area (Å²) in [7, 11) is 3.28. The molecule has 1 N–H and O–H groups in total. The number of carbonyl (C=O) groups excluding carboxylic acids is 1. The quantitative estimate of drug-likeness (QED) is 0.729. The van der Waals surface area contributed by atoms with E-state index in [1.807, 2.05) is 24.3 Å². The molecule has 4 nitrogen and oxygen atoms in total. The summed E-state index contributed by atoms with van der Waals surface area (Å²) in [5.74, 6) is 0.879. The summed E-state index contributed by atoms with van der Waals surface area (Å²) < 4.78 is 10.6. The first-order chi connectivity index (χ1) is 8.27. The summed E-state index contributed by atoms with van der Waals surface area (Å²) >= 11 is 0. The number of methoxy groups -OCH3 is 1. The van der Waals surface area contributed by atoms with Crippen molar-refractivity contribution in [3.05, 3.63) is 29.8 Å². The third-order valence-electron chi connectivity index (χ3n) is 2.46. The first-order valence-electron chi connectivity index (χ1n) is 5.68. The van der Waals surface area contributed by atoms with E-state index >= 15 is 0 Å². The Balaban J connectivity index is 2.24. The Bertz CT molecular complexity index is 352. The third-order valence-corrected chi connectivity index (χ3v) is 2.46. The average Bonchev–Trinajstić information content (AvgIpc) is 2.38. The van der Waals surface area contributed by atoms with Crippen LogP contribution in [0.3, 0.4) is 0 Å². The van der Waals surface area contributed by atoms with Crippen molar-refractivity contribution in [1.29, 1.82) is 0 Å². The fraction of sp³-hybridized carbons (Fsp3) is 0.462. The highest BCUT2D eigenvalue weighted by Crippen LogP contribution is 2.17. The van der Waals surface area contributed by atoms with Crippen LogP contribution >= 0.6 is 0 Å². The summed E-state index contributed by atoms with van der Waals surface area (Å²) in [5, 5.41) is 2.55. The standard InChI is InChI=1S/C13H19NO3/c1-14-13(15)8-10-17-9-7-11-5-3-4-6-12(11)16-2/h3-6H,7-10H2,1-2H3,(H,14,15). The molecule has 0 atom stereocenters. The molecular formula is C13H19NO3. The van der Waals surface area contributed by atoms with Gasteiger partial charge in [-0.05, 0) is 18.1 Å². The number of hydrogen-bond acceptors (Lipinski definition) is 3. The van der Waals surface area contributed by atoms with Gasteiger partial charge in [0.25, 0.3) is 0 Å². The summed E-state index contributed by atoms with van der Waals surface area (Å²) in [6, 6.07) is 7.86. The van der Waals surface area contributed by atoms with Gasteiger partial charge in [-0.2, -0.15) is 0 Å². The van der Waals surface area contributed by atoms with Gasteiger partial charge in [0.15, 0.2) is 0 Å². The van der Waals surface area contributed by atoms with E-state index in [1.54, 1.807) is 14.2 Å². The largest absolute Gasteiger partial charge is 0.496 e. The molecule has 1 rings (SSSR count). The van der Waals surface area contributed by atoms with E-state index in [9.17, 15) is 4.79 Å². The van der Waals surface area contributed by atoms with Gasteiger partial charge in [0.2, 0.25) is 5.91 Å². The number of hydrogen-bond donors (Lipinski definition) is 1. The molecule has 0 spiro atoms. The third kappa shape index (κ3) is 4.87. The van der Waals surface area contributed by atoms with Crippen LogP contribution in [0.5, 0.6) is 5.75 Å². The normalized spacial score (nSPS) is 10.0. The molecule has 0 aliphatic rings. The Hall–Kier alpha value is -1.55. The van der Waals surface area contributed by atoms with Gasteiger partial charge in [0.05, 0.1) is 20.3 Å². The second-order valence-electron chi connectivity index (χ2n) is 3.60. The predicted molar refractivity (Wildman–Crippen MR) is 66.2 cm³/mol. The van der Waals surface area contributed by atoms with E-state index in [2.05, 4.69) is 5.32 Å². The van der Waals surface area contributed by atoms with E-state index in [4.69, 9.17) is 9.47 Å². The minimum Gasteiger partial charge on any atom is -0.496 e.